The number of rotatable bonds is 4. The van der Waals surface area contributed by atoms with E-state index in [1.807, 2.05) is 0 Å². The lowest BCUT2D eigenvalue weighted by Crippen LogP contribution is -2.36. The molecular formula is C11H20N4O2S. The second kappa shape index (κ2) is 5.38. The van der Waals surface area contributed by atoms with Gasteiger partial charge in [0, 0.05) is 6.54 Å². The molecular weight excluding hydrogens is 252 g/mol. The largest absolute Gasteiger partial charge is 0.306 e. The van der Waals surface area contributed by atoms with Crippen LogP contribution in [0.3, 0.4) is 0 Å². The molecule has 1 aromatic rings. The van der Waals surface area contributed by atoms with E-state index in [9.17, 15) is 8.42 Å². The summed E-state index contributed by atoms with van der Waals surface area (Å²) in [5, 5.41) is 6.38. The van der Waals surface area contributed by atoms with E-state index >= 15 is 0 Å². The van der Waals surface area contributed by atoms with Gasteiger partial charge in [0.15, 0.2) is 0 Å². The lowest BCUT2D eigenvalue weighted by Gasteiger charge is -2.28. The predicted octanol–water partition coefficient (Wildman–Crippen LogP) is 0.338. The molecule has 0 amide bonds. The van der Waals surface area contributed by atoms with Gasteiger partial charge >= 0.3 is 0 Å². The predicted molar refractivity (Wildman–Crippen MR) is 68.7 cm³/mol. The third-order valence-corrected chi connectivity index (χ3v) is 5.01. The van der Waals surface area contributed by atoms with E-state index in [0.29, 0.717) is 18.2 Å². The first-order valence-corrected chi connectivity index (χ1v) is 7.65. The molecule has 1 fully saturated rings. The molecule has 0 aliphatic carbocycles. The van der Waals surface area contributed by atoms with Crippen LogP contribution in [0.1, 0.15) is 18.5 Å². The van der Waals surface area contributed by atoms with Crippen LogP contribution in [-0.2, 0) is 10.0 Å². The summed E-state index contributed by atoms with van der Waals surface area (Å²) >= 11 is 0. The van der Waals surface area contributed by atoms with E-state index < -0.39 is 10.0 Å². The van der Waals surface area contributed by atoms with Gasteiger partial charge in [-0.1, -0.05) is 0 Å². The Morgan fingerprint density at radius 1 is 1.50 bits per heavy atom. The average Bonchev–Trinajstić information content (AvgIpc) is 2.76. The van der Waals surface area contributed by atoms with Crippen molar-refractivity contribution in [3.8, 4) is 0 Å². The highest BCUT2D eigenvalue weighted by Crippen LogP contribution is 2.16. The zero-order valence-corrected chi connectivity index (χ0v) is 11.6. The first kappa shape index (κ1) is 13.5. The standard InChI is InChI=1S/C11H20N4O2S/c1-9-11(8-12-14-9)18(16,17)13-7-10-3-5-15(2)6-4-10/h8,10,13H,3-7H2,1-2H3,(H,12,14). The number of hydrogen-bond donors (Lipinski definition) is 2. The van der Waals surface area contributed by atoms with Crippen LogP contribution in [0.5, 0.6) is 0 Å². The van der Waals surface area contributed by atoms with E-state index in [1.54, 1.807) is 6.92 Å². The van der Waals surface area contributed by atoms with E-state index in [1.165, 1.54) is 6.20 Å². The maximum atomic E-state index is 12.0. The first-order chi connectivity index (χ1) is 8.49. The normalized spacial score (nSPS) is 19.2. The van der Waals surface area contributed by atoms with E-state index in [-0.39, 0.29) is 4.90 Å². The molecule has 2 heterocycles. The van der Waals surface area contributed by atoms with E-state index in [0.717, 1.165) is 25.9 Å². The van der Waals surface area contributed by atoms with Crippen molar-refractivity contribution in [1.82, 2.24) is 19.8 Å². The third-order valence-electron chi connectivity index (χ3n) is 3.47. The van der Waals surface area contributed by atoms with Crippen LogP contribution < -0.4 is 4.72 Å². The molecule has 7 heteroatoms. The second-order valence-electron chi connectivity index (χ2n) is 4.96. The minimum Gasteiger partial charge on any atom is -0.306 e. The van der Waals surface area contributed by atoms with Gasteiger partial charge in [-0.25, -0.2) is 13.1 Å². The summed E-state index contributed by atoms with van der Waals surface area (Å²) in [6, 6.07) is 0. The van der Waals surface area contributed by atoms with Crippen LogP contribution >= 0.6 is 0 Å². The number of hydrogen-bond acceptors (Lipinski definition) is 4. The second-order valence-corrected chi connectivity index (χ2v) is 6.69. The first-order valence-electron chi connectivity index (χ1n) is 6.17. The summed E-state index contributed by atoms with van der Waals surface area (Å²) in [4.78, 5) is 2.51. The number of likely N-dealkylation sites (tertiary alicyclic amines) is 1. The van der Waals surface area contributed by atoms with Gasteiger partial charge in [0.05, 0.1) is 11.9 Å². The van der Waals surface area contributed by atoms with Crippen molar-refractivity contribution in [2.45, 2.75) is 24.7 Å². The van der Waals surface area contributed by atoms with Gasteiger partial charge in [-0.05, 0) is 45.8 Å². The SMILES string of the molecule is Cc1[nH]ncc1S(=O)(=O)NCC1CCN(C)CC1. The van der Waals surface area contributed by atoms with Crippen LogP contribution in [-0.4, -0.2) is 50.2 Å². The Balaban J connectivity index is 1.92. The molecule has 0 saturated carbocycles. The zero-order valence-electron chi connectivity index (χ0n) is 10.8. The van der Waals surface area contributed by atoms with Crippen molar-refractivity contribution >= 4 is 10.0 Å². The molecule has 0 bridgehead atoms. The Morgan fingerprint density at radius 3 is 2.72 bits per heavy atom. The Labute approximate surface area is 108 Å². The molecule has 1 saturated heterocycles. The highest BCUT2D eigenvalue weighted by atomic mass is 32.2. The summed E-state index contributed by atoms with van der Waals surface area (Å²) in [6.07, 6.45) is 3.44. The van der Waals surface area contributed by atoms with Gasteiger partial charge in [-0.15, -0.1) is 0 Å². The summed E-state index contributed by atoms with van der Waals surface area (Å²) in [5.74, 6) is 0.434. The van der Waals surface area contributed by atoms with Crippen molar-refractivity contribution in [2.75, 3.05) is 26.7 Å². The maximum Gasteiger partial charge on any atom is 0.243 e. The molecule has 0 atom stereocenters. The summed E-state index contributed by atoms with van der Waals surface area (Å²) in [6.45, 7) is 4.30. The molecule has 2 N–H and O–H groups in total. The molecule has 1 aromatic heterocycles. The molecule has 102 valence electrons. The van der Waals surface area contributed by atoms with E-state index in [4.69, 9.17) is 0 Å². The highest BCUT2D eigenvalue weighted by Gasteiger charge is 2.22. The quantitative estimate of drug-likeness (QED) is 0.828. The number of aryl methyl sites for hydroxylation is 1. The van der Waals surface area contributed by atoms with Crippen LogP contribution in [0.15, 0.2) is 11.1 Å². The number of aromatic amines is 1. The van der Waals surface area contributed by atoms with Gasteiger partial charge in [0.2, 0.25) is 10.0 Å². The number of H-pyrrole nitrogens is 1. The lowest BCUT2D eigenvalue weighted by molar-refractivity contribution is 0.220. The molecule has 0 unspecified atom stereocenters. The van der Waals surface area contributed by atoms with Crippen molar-refractivity contribution in [2.24, 2.45) is 5.92 Å². The minimum atomic E-state index is -3.42. The third kappa shape index (κ3) is 3.09. The molecule has 0 aromatic carbocycles. The molecule has 18 heavy (non-hydrogen) atoms. The van der Waals surface area contributed by atoms with Crippen LogP contribution in [0.4, 0.5) is 0 Å². The van der Waals surface area contributed by atoms with Gasteiger partial charge in [-0.2, -0.15) is 5.10 Å². The van der Waals surface area contributed by atoms with Crippen molar-refractivity contribution in [3.05, 3.63) is 11.9 Å². The molecule has 0 spiro atoms. The minimum absolute atomic E-state index is 0.246. The highest BCUT2D eigenvalue weighted by molar-refractivity contribution is 7.89. The van der Waals surface area contributed by atoms with Crippen molar-refractivity contribution < 1.29 is 8.42 Å². The van der Waals surface area contributed by atoms with Crippen molar-refractivity contribution in [3.63, 3.8) is 0 Å². The smallest absolute Gasteiger partial charge is 0.243 e. The average molecular weight is 272 g/mol. The zero-order chi connectivity index (χ0) is 13.2. The molecule has 6 nitrogen and oxygen atoms in total. The Hall–Kier alpha value is -0.920. The molecule has 1 aliphatic heterocycles. The summed E-state index contributed by atoms with van der Waals surface area (Å²) in [7, 11) is -1.33. The van der Waals surface area contributed by atoms with E-state index in [2.05, 4.69) is 26.9 Å². The lowest BCUT2D eigenvalue weighted by atomic mass is 9.98. The van der Waals surface area contributed by atoms with Gasteiger partial charge in [-0.3, -0.25) is 5.10 Å². The summed E-state index contributed by atoms with van der Waals surface area (Å²) < 4.78 is 26.8. The fourth-order valence-electron chi connectivity index (χ4n) is 2.18. The maximum absolute atomic E-state index is 12.0. The molecule has 2 rings (SSSR count). The fraction of sp³-hybridized carbons (Fsp3) is 0.727. The topological polar surface area (TPSA) is 78.1 Å². The molecule has 1 aliphatic rings. The van der Waals surface area contributed by atoms with Gasteiger partial charge in [0.25, 0.3) is 0 Å². The molecule has 0 radical (unpaired) electrons. The van der Waals surface area contributed by atoms with Gasteiger partial charge in [0.1, 0.15) is 4.90 Å². The Bertz CT molecular complexity index is 489. The number of nitrogens with one attached hydrogen (secondary N) is 2. The Morgan fingerprint density at radius 2 is 2.17 bits per heavy atom. The van der Waals surface area contributed by atoms with Crippen LogP contribution in [0.25, 0.3) is 0 Å². The monoisotopic (exact) mass is 272 g/mol. The fourth-order valence-corrected chi connectivity index (χ4v) is 3.43. The van der Waals surface area contributed by atoms with Crippen LogP contribution in [0.2, 0.25) is 0 Å². The Kier molecular flexibility index (Phi) is 4.04. The summed E-state index contributed by atoms with van der Waals surface area (Å²) in [5.41, 5.74) is 0.575. The number of sulfonamides is 1. The van der Waals surface area contributed by atoms with Crippen LogP contribution in [0, 0.1) is 12.8 Å². The number of nitrogens with zero attached hydrogens (tertiary/aromatic N) is 2. The number of piperidine rings is 1. The number of aromatic nitrogens is 2. The van der Waals surface area contributed by atoms with Crippen molar-refractivity contribution in [1.29, 1.82) is 0 Å². The van der Waals surface area contributed by atoms with Gasteiger partial charge < -0.3 is 4.90 Å².